The lowest BCUT2D eigenvalue weighted by atomic mass is 10.0. The molecule has 1 aromatic rings. The molecule has 1 aliphatic heterocycles. The van der Waals surface area contributed by atoms with Crippen LogP contribution >= 0.6 is 0 Å². The third-order valence-corrected chi connectivity index (χ3v) is 3.89. The van der Waals surface area contributed by atoms with E-state index in [-0.39, 0.29) is 24.2 Å². The lowest BCUT2D eigenvalue weighted by Gasteiger charge is -2.16. The summed E-state index contributed by atoms with van der Waals surface area (Å²) >= 11 is 0. The number of carbonyl (C=O) groups excluding carboxylic acids is 2. The van der Waals surface area contributed by atoms with Gasteiger partial charge in [-0.25, -0.2) is 4.79 Å². The van der Waals surface area contributed by atoms with Gasteiger partial charge in [0.05, 0.1) is 6.10 Å². The van der Waals surface area contributed by atoms with Crippen LogP contribution in [0.3, 0.4) is 0 Å². The molecule has 134 valence electrons. The van der Waals surface area contributed by atoms with E-state index in [4.69, 9.17) is 4.74 Å². The first-order chi connectivity index (χ1) is 11.8. The van der Waals surface area contributed by atoms with Crippen LogP contribution in [0.2, 0.25) is 0 Å². The molecule has 0 radical (unpaired) electrons. The van der Waals surface area contributed by atoms with Crippen molar-refractivity contribution in [3.8, 4) is 5.75 Å². The average Bonchev–Trinajstić information content (AvgIpc) is 2.52. The van der Waals surface area contributed by atoms with Crippen LogP contribution in [-0.4, -0.2) is 45.4 Å². The van der Waals surface area contributed by atoms with E-state index in [1.165, 1.54) is 24.3 Å². The summed E-state index contributed by atoms with van der Waals surface area (Å²) in [5, 5.41) is 29.9. The lowest BCUT2D eigenvalue weighted by molar-refractivity contribution is -0.127. The van der Waals surface area contributed by atoms with E-state index >= 15 is 0 Å². The number of carbonyl (C=O) groups is 2. The van der Waals surface area contributed by atoms with Crippen molar-refractivity contribution < 1.29 is 29.6 Å². The van der Waals surface area contributed by atoms with Gasteiger partial charge in [-0.05, 0) is 43.5 Å². The van der Waals surface area contributed by atoms with Gasteiger partial charge in [0.15, 0.2) is 5.78 Å². The van der Waals surface area contributed by atoms with Crippen molar-refractivity contribution in [2.45, 2.75) is 45.0 Å². The number of hydrogen-bond donors (Lipinski definition) is 3. The minimum absolute atomic E-state index is 0.0142. The molecule has 6 heteroatoms. The Bertz CT molecular complexity index is 719. The SMILES string of the molecule is Cc1cc(O)c2c(c1)/C=C/C[C@@H](O)[C@H](O)C(=O)/C=C/CC(C)OC2=O. The highest BCUT2D eigenvalue weighted by molar-refractivity contribution is 5.97. The summed E-state index contributed by atoms with van der Waals surface area (Å²) in [6.07, 6.45) is 2.70. The number of ether oxygens (including phenoxy) is 1. The summed E-state index contributed by atoms with van der Waals surface area (Å²) in [5.74, 6) is -1.46. The second-order valence-electron chi connectivity index (χ2n) is 6.15. The number of cyclic esters (lactones) is 1. The molecule has 0 aliphatic carbocycles. The monoisotopic (exact) mass is 346 g/mol. The summed E-state index contributed by atoms with van der Waals surface area (Å²) in [7, 11) is 0. The number of esters is 1. The van der Waals surface area contributed by atoms with Crippen LogP contribution in [0, 0.1) is 6.92 Å². The van der Waals surface area contributed by atoms with Gasteiger partial charge in [-0.1, -0.05) is 24.3 Å². The number of ketones is 1. The number of fused-ring (bicyclic) bond motifs is 1. The smallest absolute Gasteiger partial charge is 0.342 e. The van der Waals surface area contributed by atoms with Crippen molar-refractivity contribution in [2.24, 2.45) is 0 Å². The number of phenols is 1. The molecule has 0 aromatic heterocycles. The summed E-state index contributed by atoms with van der Waals surface area (Å²) < 4.78 is 5.32. The molecule has 25 heavy (non-hydrogen) atoms. The maximum absolute atomic E-state index is 12.4. The molecule has 1 aliphatic rings. The lowest BCUT2D eigenvalue weighted by Crippen LogP contribution is -2.32. The highest BCUT2D eigenvalue weighted by Crippen LogP contribution is 2.26. The number of aryl methyl sites for hydroxylation is 1. The fourth-order valence-corrected chi connectivity index (χ4v) is 2.57. The number of aliphatic hydroxyl groups is 2. The van der Waals surface area contributed by atoms with Crippen molar-refractivity contribution >= 4 is 17.8 Å². The quantitative estimate of drug-likeness (QED) is 0.620. The Kier molecular flexibility index (Phi) is 6.12. The zero-order chi connectivity index (χ0) is 18.6. The second-order valence-corrected chi connectivity index (χ2v) is 6.15. The van der Waals surface area contributed by atoms with E-state index in [1.807, 2.05) is 0 Å². The largest absolute Gasteiger partial charge is 0.507 e. The molecular formula is C19H22O6. The van der Waals surface area contributed by atoms with Gasteiger partial charge in [0.1, 0.15) is 23.5 Å². The first-order valence-electron chi connectivity index (χ1n) is 8.07. The zero-order valence-corrected chi connectivity index (χ0v) is 14.2. The van der Waals surface area contributed by atoms with Gasteiger partial charge in [0.25, 0.3) is 0 Å². The predicted molar refractivity (Wildman–Crippen MR) is 92.1 cm³/mol. The molecule has 1 aromatic carbocycles. The normalized spacial score (nSPS) is 27.8. The molecule has 0 fully saturated rings. The van der Waals surface area contributed by atoms with Gasteiger partial charge in [-0.15, -0.1) is 0 Å². The molecule has 0 spiro atoms. The topological polar surface area (TPSA) is 104 Å². The first-order valence-corrected chi connectivity index (χ1v) is 8.07. The first kappa shape index (κ1) is 18.9. The highest BCUT2D eigenvalue weighted by Gasteiger charge is 2.23. The van der Waals surface area contributed by atoms with Crippen molar-refractivity contribution in [1.29, 1.82) is 0 Å². The number of phenolic OH excluding ortho intramolecular Hbond substituents is 1. The van der Waals surface area contributed by atoms with Gasteiger partial charge in [-0.3, -0.25) is 4.79 Å². The van der Waals surface area contributed by atoms with Crippen LogP contribution < -0.4 is 0 Å². The van der Waals surface area contributed by atoms with Gasteiger partial charge in [0, 0.05) is 6.42 Å². The van der Waals surface area contributed by atoms with E-state index in [0.717, 1.165) is 5.56 Å². The Balaban J connectivity index is 2.43. The Morgan fingerprint density at radius 1 is 1.08 bits per heavy atom. The van der Waals surface area contributed by atoms with Crippen LogP contribution in [0.1, 0.15) is 41.3 Å². The molecule has 0 saturated heterocycles. The van der Waals surface area contributed by atoms with Gasteiger partial charge < -0.3 is 20.1 Å². The van der Waals surface area contributed by atoms with E-state index in [0.29, 0.717) is 5.56 Å². The van der Waals surface area contributed by atoms with Crippen LogP contribution in [0.5, 0.6) is 5.75 Å². The Morgan fingerprint density at radius 2 is 1.76 bits per heavy atom. The number of aromatic hydroxyl groups is 1. The van der Waals surface area contributed by atoms with Crippen molar-refractivity contribution in [2.75, 3.05) is 0 Å². The van der Waals surface area contributed by atoms with Gasteiger partial charge in [-0.2, -0.15) is 0 Å². The minimum Gasteiger partial charge on any atom is -0.507 e. The van der Waals surface area contributed by atoms with E-state index in [2.05, 4.69) is 0 Å². The molecule has 3 atom stereocenters. The maximum atomic E-state index is 12.4. The van der Waals surface area contributed by atoms with Gasteiger partial charge >= 0.3 is 5.97 Å². The third kappa shape index (κ3) is 4.78. The number of aliphatic hydroxyl groups excluding tert-OH is 2. The number of hydrogen-bond acceptors (Lipinski definition) is 6. The van der Waals surface area contributed by atoms with Crippen LogP contribution in [0.15, 0.2) is 30.4 Å². The minimum atomic E-state index is -1.52. The second kappa shape index (κ2) is 8.09. The predicted octanol–water partition coefficient (Wildman–Crippen LogP) is 1.90. The van der Waals surface area contributed by atoms with Crippen molar-refractivity contribution in [3.05, 3.63) is 47.1 Å². The molecule has 0 amide bonds. The Hall–Kier alpha value is -2.44. The van der Waals surface area contributed by atoms with E-state index in [9.17, 15) is 24.9 Å². The number of rotatable bonds is 0. The summed E-state index contributed by atoms with van der Waals surface area (Å²) in [6.45, 7) is 3.43. The van der Waals surface area contributed by atoms with Crippen molar-refractivity contribution in [1.82, 2.24) is 0 Å². The molecule has 0 bridgehead atoms. The van der Waals surface area contributed by atoms with Crippen LogP contribution in [-0.2, 0) is 9.53 Å². The van der Waals surface area contributed by atoms with Crippen molar-refractivity contribution in [3.63, 3.8) is 0 Å². The van der Waals surface area contributed by atoms with Gasteiger partial charge in [0.2, 0.25) is 0 Å². The molecule has 0 saturated carbocycles. The van der Waals surface area contributed by atoms with Crippen LogP contribution in [0.25, 0.3) is 6.08 Å². The standard InChI is InChI=1S/C19H22O6/c1-11-9-13-6-4-8-15(21)18(23)14(20)7-3-5-12(2)25-19(24)17(13)16(22)10-11/h3-4,6-7,9-10,12,15,18,21-23H,5,8H2,1-2H3/b6-4+,7-3+/t12?,15-,18-/m1/s1. The molecule has 1 heterocycles. The molecule has 6 nitrogen and oxygen atoms in total. The maximum Gasteiger partial charge on any atom is 0.342 e. The van der Waals surface area contributed by atoms with E-state index in [1.54, 1.807) is 26.0 Å². The highest BCUT2D eigenvalue weighted by atomic mass is 16.5. The average molecular weight is 346 g/mol. The summed E-state index contributed by atoms with van der Waals surface area (Å²) in [4.78, 5) is 24.2. The fourth-order valence-electron chi connectivity index (χ4n) is 2.57. The Morgan fingerprint density at radius 3 is 2.48 bits per heavy atom. The molecule has 2 rings (SSSR count). The fraction of sp³-hybridized carbons (Fsp3) is 0.368. The molecule has 1 unspecified atom stereocenters. The van der Waals surface area contributed by atoms with Crippen LogP contribution in [0.4, 0.5) is 0 Å². The summed E-state index contributed by atoms with van der Waals surface area (Å²) in [5.41, 5.74) is 1.23. The number of benzene rings is 1. The molecular weight excluding hydrogens is 324 g/mol. The van der Waals surface area contributed by atoms with E-state index < -0.39 is 30.1 Å². The molecule has 3 N–H and O–H groups in total. The Labute approximate surface area is 146 Å². The third-order valence-electron chi connectivity index (χ3n) is 3.89. The summed E-state index contributed by atoms with van der Waals surface area (Å²) in [6, 6.07) is 3.18. The zero-order valence-electron chi connectivity index (χ0n) is 14.2.